The number of carbonyl (C=O) groups excluding carboxylic acids is 2. The van der Waals surface area contributed by atoms with Gasteiger partial charge in [0.1, 0.15) is 10.3 Å². The number of urea groups is 1. The Kier molecular flexibility index (Phi) is 4.89. The van der Waals surface area contributed by atoms with Crippen LogP contribution in [0.3, 0.4) is 0 Å². The number of nitrogens with zero attached hydrogens (tertiary/aromatic N) is 1. The van der Waals surface area contributed by atoms with Crippen molar-refractivity contribution in [2.75, 3.05) is 17.7 Å². The summed E-state index contributed by atoms with van der Waals surface area (Å²) in [6.45, 7) is 0. The zero-order chi connectivity index (χ0) is 15.2. The van der Waals surface area contributed by atoms with Crippen molar-refractivity contribution in [3.63, 3.8) is 0 Å². The van der Waals surface area contributed by atoms with Gasteiger partial charge in [0, 0.05) is 18.4 Å². The SMILES string of the molecule is CNC(=O)Nc1ccc(NC(=O)c2cccc(Br)n2)cc1. The van der Waals surface area contributed by atoms with Gasteiger partial charge in [0.25, 0.3) is 5.91 Å². The van der Waals surface area contributed by atoms with E-state index < -0.39 is 0 Å². The molecular formula is C14H13BrN4O2. The highest BCUT2D eigenvalue weighted by atomic mass is 79.9. The molecule has 2 rings (SSSR count). The van der Waals surface area contributed by atoms with Crippen LogP contribution in [-0.4, -0.2) is 24.0 Å². The lowest BCUT2D eigenvalue weighted by molar-refractivity contribution is 0.102. The number of carbonyl (C=O) groups is 2. The standard InChI is InChI=1S/C14H13BrN4O2/c1-16-14(21)18-10-7-5-9(6-8-10)17-13(20)11-3-2-4-12(15)19-11/h2-8H,1H3,(H,17,20)(H2,16,18,21). The molecule has 0 atom stereocenters. The second kappa shape index (κ2) is 6.85. The Morgan fingerprint density at radius 1 is 1.00 bits per heavy atom. The Balaban J connectivity index is 2.03. The van der Waals surface area contributed by atoms with Gasteiger partial charge < -0.3 is 16.0 Å². The van der Waals surface area contributed by atoms with Crippen molar-refractivity contribution in [1.29, 1.82) is 0 Å². The first-order valence-electron chi connectivity index (χ1n) is 6.11. The summed E-state index contributed by atoms with van der Waals surface area (Å²) in [5.41, 5.74) is 1.56. The Hall–Kier alpha value is -2.41. The summed E-state index contributed by atoms with van der Waals surface area (Å²) in [5.74, 6) is -0.302. The summed E-state index contributed by atoms with van der Waals surface area (Å²) in [7, 11) is 1.54. The summed E-state index contributed by atoms with van der Waals surface area (Å²) in [6, 6.07) is 11.6. The van der Waals surface area contributed by atoms with Crippen LogP contribution >= 0.6 is 15.9 Å². The number of anilines is 2. The molecule has 21 heavy (non-hydrogen) atoms. The third-order valence-corrected chi connectivity index (χ3v) is 3.02. The summed E-state index contributed by atoms with van der Waals surface area (Å²) in [6.07, 6.45) is 0. The molecule has 7 heteroatoms. The van der Waals surface area contributed by atoms with Crippen molar-refractivity contribution in [3.05, 3.63) is 52.8 Å². The van der Waals surface area contributed by atoms with E-state index >= 15 is 0 Å². The van der Waals surface area contributed by atoms with Crippen LogP contribution in [0.25, 0.3) is 0 Å². The fourth-order valence-electron chi connectivity index (χ4n) is 1.56. The zero-order valence-electron chi connectivity index (χ0n) is 11.2. The smallest absolute Gasteiger partial charge is 0.318 e. The maximum absolute atomic E-state index is 12.0. The molecule has 0 fully saturated rings. The van der Waals surface area contributed by atoms with Crippen molar-refractivity contribution in [1.82, 2.24) is 10.3 Å². The Morgan fingerprint density at radius 3 is 2.19 bits per heavy atom. The molecular weight excluding hydrogens is 336 g/mol. The lowest BCUT2D eigenvalue weighted by Gasteiger charge is -2.07. The molecule has 3 amide bonds. The molecule has 1 heterocycles. The van der Waals surface area contributed by atoms with E-state index in [1.807, 2.05) is 0 Å². The fraction of sp³-hybridized carbons (Fsp3) is 0.0714. The van der Waals surface area contributed by atoms with Gasteiger partial charge in [0.15, 0.2) is 0 Å². The van der Waals surface area contributed by atoms with Gasteiger partial charge in [-0.15, -0.1) is 0 Å². The van der Waals surface area contributed by atoms with E-state index in [4.69, 9.17) is 0 Å². The van der Waals surface area contributed by atoms with Crippen LogP contribution in [-0.2, 0) is 0 Å². The maximum Gasteiger partial charge on any atom is 0.318 e. The van der Waals surface area contributed by atoms with Crippen LogP contribution < -0.4 is 16.0 Å². The summed E-state index contributed by atoms with van der Waals surface area (Å²) < 4.78 is 0.597. The monoisotopic (exact) mass is 348 g/mol. The van der Waals surface area contributed by atoms with Crippen LogP contribution in [0.4, 0.5) is 16.2 Å². The molecule has 0 bridgehead atoms. The molecule has 108 valence electrons. The Bertz CT molecular complexity index is 658. The number of nitrogens with one attached hydrogen (secondary N) is 3. The van der Waals surface area contributed by atoms with Gasteiger partial charge in [-0.3, -0.25) is 4.79 Å². The van der Waals surface area contributed by atoms with E-state index in [1.54, 1.807) is 42.5 Å². The van der Waals surface area contributed by atoms with Gasteiger partial charge in [-0.25, -0.2) is 9.78 Å². The molecule has 0 aliphatic rings. The highest BCUT2D eigenvalue weighted by Gasteiger charge is 2.08. The van der Waals surface area contributed by atoms with Crippen LogP contribution in [0.15, 0.2) is 47.1 Å². The predicted octanol–water partition coefficient (Wildman–Crippen LogP) is 2.85. The minimum absolute atomic E-state index is 0.301. The summed E-state index contributed by atoms with van der Waals surface area (Å²) in [4.78, 5) is 27.2. The van der Waals surface area contributed by atoms with Crippen molar-refractivity contribution in [3.8, 4) is 0 Å². The van der Waals surface area contributed by atoms with Crippen LogP contribution in [0, 0.1) is 0 Å². The summed E-state index contributed by atoms with van der Waals surface area (Å²) in [5, 5.41) is 7.81. The number of halogens is 1. The second-order valence-electron chi connectivity index (χ2n) is 4.08. The van der Waals surface area contributed by atoms with Crippen molar-refractivity contribution >= 4 is 39.2 Å². The Morgan fingerprint density at radius 2 is 1.62 bits per heavy atom. The van der Waals surface area contributed by atoms with E-state index in [1.165, 1.54) is 7.05 Å². The summed E-state index contributed by atoms with van der Waals surface area (Å²) >= 11 is 3.22. The normalized spacial score (nSPS) is 9.81. The minimum atomic E-state index is -0.302. The topological polar surface area (TPSA) is 83.1 Å². The van der Waals surface area contributed by atoms with Gasteiger partial charge in [-0.1, -0.05) is 6.07 Å². The molecule has 2 aromatic rings. The third kappa shape index (κ3) is 4.28. The molecule has 3 N–H and O–H groups in total. The zero-order valence-corrected chi connectivity index (χ0v) is 12.8. The number of benzene rings is 1. The van der Waals surface area contributed by atoms with Gasteiger partial charge >= 0.3 is 6.03 Å². The number of amides is 3. The van der Waals surface area contributed by atoms with E-state index in [0.29, 0.717) is 21.7 Å². The van der Waals surface area contributed by atoms with Crippen molar-refractivity contribution < 1.29 is 9.59 Å². The van der Waals surface area contributed by atoms with E-state index in [2.05, 4.69) is 36.9 Å². The van der Waals surface area contributed by atoms with E-state index in [0.717, 1.165) is 0 Å². The molecule has 0 saturated carbocycles. The van der Waals surface area contributed by atoms with Crippen molar-refractivity contribution in [2.45, 2.75) is 0 Å². The van der Waals surface area contributed by atoms with Crippen LogP contribution in [0.2, 0.25) is 0 Å². The number of hydrogen-bond acceptors (Lipinski definition) is 3. The second-order valence-corrected chi connectivity index (χ2v) is 4.89. The number of pyridine rings is 1. The molecule has 0 aliphatic carbocycles. The van der Waals surface area contributed by atoms with Gasteiger partial charge in [-0.2, -0.15) is 0 Å². The van der Waals surface area contributed by atoms with E-state index in [-0.39, 0.29) is 11.9 Å². The highest BCUT2D eigenvalue weighted by Crippen LogP contribution is 2.15. The average Bonchev–Trinajstić information content (AvgIpc) is 2.49. The quantitative estimate of drug-likeness (QED) is 0.745. The average molecular weight is 349 g/mol. The minimum Gasteiger partial charge on any atom is -0.341 e. The molecule has 1 aromatic heterocycles. The first kappa shape index (κ1) is 15.0. The van der Waals surface area contributed by atoms with Crippen molar-refractivity contribution in [2.24, 2.45) is 0 Å². The fourth-order valence-corrected chi connectivity index (χ4v) is 1.90. The maximum atomic E-state index is 12.0. The lowest BCUT2D eigenvalue weighted by atomic mass is 10.2. The molecule has 0 radical (unpaired) electrons. The molecule has 0 spiro atoms. The molecule has 0 unspecified atom stereocenters. The van der Waals surface area contributed by atoms with Gasteiger partial charge in [0.05, 0.1) is 0 Å². The largest absolute Gasteiger partial charge is 0.341 e. The molecule has 0 saturated heterocycles. The lowest BCUT2D eigenvalue weighted by Crippen LogP contribution is -2.24. The van der Waals surface area contributed by atoms with E-state index in [9.17, 15) is 9.59 Å². The molecule has 0 aliphatic heterocycles. The van der Waals surface area contributed by atoms with Crippen LogP contribution in [0.1, 0.15) is 10.5 Å². The van der Waals surface area contributed by atoms with Gasteiger partial charge in [0.2, 0.25) is 0 Å². The first-order valence-corrected chi connectivity index (χ1v) is 6.90. The molecule has 1 aromatic carbocycles. The number of aromatic nitrogens is 1. The number of hydrogen-bond donors (Lipinski definition) is 3. The Labute approximate surface area is 130 Å². The first-order chi connectivity index (χ1) is 10.1. The highest BCUT2D eigenvalue weighted by molar-refractivity contribution is 9.10. The van der Waals surface area contributed by atoms with Gasteiger partial charge in [-0.05, 0) is 52.3 Å². The predicted molar refractivity (Wildman–Crippen MR) is 84.4 cm³/mol. The molecule has 6 nitrogen and oxygen atoms in total. The number of rotatable bonds is 3. The third-order valence-electron chi connectivity index (χ3n) is 2.58. The van der Waals surface area contributed by atoms with Crippen LogP contribution in [0.5, 0.6) is 0 Å².